The van der Waals surface area contributed by atoms with Crippen LogP contribution in [-0.4, -0.2) is 56.1 Å². The van der Waals surface area contributed by atoms with Gasteiger partial charge in [0, 0.05) is 12.2 Å². The molecule has 1 aromatic heterocycles. The maximum absolute atomic E-state index is 13.0. The van der Waals surface area contributed by atoms with Crippen LogP contribution in [0.1, 0.15) is 50.6 Å². The van der Waals surface area contributed by atoms with E-state index in [0.29, 0.717) is 30.8 Å². The van der Waals surface area contributed by atoms with Gasteiger partial charge in [0.15, 0.2) is 0 Å². The van der Waals surface area contributed by atoms with Crippen LogP contribution in [0.15, 0.2) is 30.5 Å². The van der Waals surface area contributed by atoms with Crippen molar-refractivity contribution in [2.75, 3.05) is 11.9 Å². The van der Waals surface area contributed by atoms with Gasteiger partial charge in [0.05, 0.1) is 24.9 Å². The van der Waals surface area contributed by atoms with E-state index in [2.05, 4.69) is 20.9 Å². The van der Waals surface area contributed by atoms with Crippen LogP contribution in [0.25, 0.3) is 0 Å². The highest BCUT2D eigenvalue weighted by Crippen LogP contribution is 2.37. The van der Waals surface area contributed by atoms with Crippen LogP contribution >= 0.6 is 0 Å². The lowest BCUT2D eigenvalue weighted by atomic mass is 9.97. The second kappa shape index (κ2) is 9.93. The Balaban J connectivity index is 1.25. The number of hydrogen-bond donors (Lipinski definition) is 4. The molecule has 1 saturated heterocycles. The lowest BCUT2D eigenvalue weighted by Crippen LogP contribution is -2.52. The molecular weight excluding hydrogens is 417 g/mol. The summed E-state index contributed by atoms with van der Waals surface area (Å²) in [7, 11) is 0. The quantitative estimate of drug-likeness (QED) is 0.517. The largest absolute Gasteiger partial charge is 0.394 e. The highest BCUT2D eigenvalue weighted by molar-refractivity contribution is 5.89. The predicted octanol–water partition coefficient (Wildman–Crippen LogP) is 2.30. The van der Waals surface area contributed by atoms with Crippen molar-refractivity contribution in [1.29, 1.82) is 0 Å². The van der Waals surface area contributed by atoms with Gasteiger partial charge in [-0.15, -0.1) is 5.10 Å². The highest BCUT2D eigenvalue weighted by Gasteiger charge is 2.36. The maximum atomic E-state index is 13.0. The molecule has 174 valence electrons. The van der Waals surface area contributed by atoms with Crippen molar-refractivity contribution in [2.24, 2.45) is 0 Å². The molecule has 4 N–H and O–H groups in total. The van der Waals surface area contributed by atoms with Gasteiger partial charge in [-0.25, -0.2) is 9.18 Å². The number of benzene rings is 1. The van der Waals surface area contributed by atoms with Crippen LogP contribution in [0.5, 0.6) is 0 Å². The van der Waals surface area contributed by atoms with Crippen LogP contribution in [0.3, 0.4) is 0 Å². The van der Waals surface area contributed by atoms with Crippen molar-refractivity contribution in [1.82, 2.24) is 20.3 Å². The predicted molar refractivity (Wildman–Crippen MR) is 114 cm³/mol. The minimum atomic E-state index is -0.852. The molecule has 1 aliphatic heterocycles. The lowest BCUT2D eigenvalue weighted by Gasteiger charge is -2.36. The molecule has 0 unspecified atom stereocenters. The van der Waals surface area contributed by atoms with Gasteiger partial charge < -0.3 is 25.6 Å². The van der Waals surface area contributed by atoms with Gasteiger partial charge in [-0.3, -0.25) is 4.68 Å². The van der Waals surface area contributed by atoms with Gasteiger partial charge in [-0.05, 0) is 56.4 Å². The molecular formula is C22H30FN5O4. The highest BCUT2D eigenvalue weighted by atomic mass is 19.1. The third-order valence-corrected chi connectivity index (χ3v) is 6.34. The molecule has 4 rings (SSSR count). The van der Waals surface area contributed by atoms with E-state index in [-0.39, 0.29) is 24.6 Å². The molecule has 1 saturated carbocycles. The average molecular weight is 448 g/mol. The van der Waals surface area contributed by atoms with Crippen LogP contribution in [-0.2, 0) is 16.9 Å². The summed E-state index contributed by atoms with van der Waals surface area (Å²) < 4.78 is 20.7. The minimum Gasteiger partial charge on any atom is -0.394 e. The number of nitrogens with one attached hydrogen (secondary N) is 2. The Labute approximate surface area is 186 Å². The first-order chi connectivity index (χ1) is 15.4. The van der Waals surface area contributed by atoms with E-state index in [4.69, 9.17) is 4.74 Å². The van der Waals surface area contributed by atoms with Crippen molar-refractivity contribution in [3.8, 4) is 0 Å². The first-order valence-corrected chi connectivity index (χ1v) is 11.2. The molecule has 2 fully saturated rings. The summed E-state index contributed by atoms with van der Waals surface area (Å²) >= 11 is 0. The summed E-state index contributed by atoms with van der Waals surface area (Å²) in [6.07, 6.45) is 6.73. The summed E-state index contributed by atoms with van der Waals surface area (Å²) in [4.78, 5) is 12.3. The number of carbonyl (C=O) groups excluding carboxylic acids is 1. The molecule has 1 aliphatic carbocycles. The molecule has 10 heteroatoms. The topological polar surface area (TPSA) is 122 Å². The number of halogens is 1. The van der Waals surface area contributed by atoms with Crippen molar-refractivity contribution in [3.05, 3.63) is 42.0 Å². The molecule has 0 bridgehead atoms. The van der Waals surface area contributed by atoms with E-state index >= 15 is 0 Å². The fourth-order valence-electron chi connectivity index (χ4n) is 4.49. The van der Waals surface area contributed by atoms with Gasteiger partial charge in [0.2, 0.25) is 0 Å². The Morgan fingerprint density at radius 2 is 2.00 bits per heavy atom. The maximum Gasteiger partial charge on any atom is 0.319 e. The van der Waals surface area contributed by atoms with E-state index in [1.54, 1.807) is 4.68 Å². The molecule has 2 aromatic rings. The number of aryl methyl sites for hydroxylation is 1. The van der Waals surface area contributed by atoms with Gasteiger partial charge in [-0.1, -0.05) is 18.1 Å². The van der Waals surface area contributed by atoms with Gasteiger partial charge in [-0.2, -0.15) is 0 Å². The number of urea groups is 1. The summed E-state index contributed by atoms with van der Waals surface area (Å²) in [5.41, 5.74) is 0.257. The van der Waals surface area contributed by atoms with Crippen molar-refractivity contribution in [3.63, 3.8) is 0 Å². The molecule has 2 aliphatic rings. The van der Waals surface area contributed by atoms with Gasteiger partial charge in [0.25, 0.3) is 0 Å². The molecule has 2 heterocycles. The zero-order valence-corrected chi connectivity index (χ0v) is 17.9. The van der Waals surface area contributed by atoms with E-state index < -0.39 is 17.7 Å². The number of aliphatic hydroxyl groups excluding tert-OH is 1. The Kier molecular flexibility index (Phi) is 7.02. The van der Waals surface area contributed by atoms with Gasteiger partial charge in [0.1, 0.15) is 23.2 Å². The Morgan fingerprint density at radius 1 is 1.25 bits per heavy atom. The minimum absolute atomic E-state index is 0.0763. The Bertz CT molecular complexity index is 900. The molecule has 3 atom stereocenters. The first-order valence-electron chi connectivity index (χ1n) is 11.2. The summed E-state index contributed by atoms with van der Waals surface area (Å²) in [5.74, 6) is -0.375. The first kappa shape index (κ1) is 22.6. The molecule has 1 aromatic carbocycles. The summed E-state index contributed by atoms with van der Waals surface area (Å²) in [6, 6.07) is 4.74. The van der Waals surface area contributed by atoms with E-state index in [1.807, 2.05) is 6.20 Å². The normalized spacial score (nSPS) is 24.9. The third kappa shape index (κ3) is 5.43. The Hall–Kier alpha value is -2.56. The van der Waals surface area contributed by atoms with Crippen molar-refractivity contribution >= 4 is 11.7 Å². The molecule has 0 radical (unpaired) electrons. The van der Waals surface area contributed by atoms with Crippen molar-refractivity contribution in [2.45, 2.75) is 75.3 Å². The van der Waals surface area contributed by atoms with Crippen molar-refractivity contribution < 1.29 is 24.1 Å². The standard InChI is InChI=1S/C22H30FN5O4/c23-15-3-5-16(6-4-15)24-21(30)25-18-8-7-17(32-19(18)14-29)9-12-28-13-20(26-27-28)22(31)10-1-2-11-22/h3-6,13,17-19,29,31H,1-2,7-12,14H2,(H2,24,25,30)/t17-,18-,19+/m1/s1. The van der Waals surface area contributed by atoms with Gasteiger partial charge >= 0.3 is 6.03 Å². The number of hydrogen-bond acceptors (Lipinski definition) is 6. The number of anilines is 1. The smallest absolute Gasteiger partial charge is 0.319 e. The SMILES string of the molecule is O=C(Nc1ccc(F)cc1)N[C@@H]1CC[C@H](CCn2cc(C3(O)CCCC3)nn2)O[C@H]1CO. The number of rotatable bonds is 7. The lowest BCUT2D eigenvalue weighted by molar-refractivity contribution is -0.0905. The number of ether oxygens (including phenoxy) is 1. The van der Waals surface area contributed by atoms with E-state index in [1.165, 1.54) is 24.3 Å². The number of carbonyl (C=O) groups is 1. The molecule has 2 amide bonds. The average Bonchev–Trinajstić information content (AvgIpc) is 3.45. The van der Waals surface area contributed by atoms with Crippen LogP contribution in [0.4, 0.5) is 14.9 Å². The zero-order chi connectivity index (χ0) is 22.6. The number of nitrogens with zero attached hydrogens (tertiary/aromatic N) is 3. The summed E-state index contributed by atoms with van der Waals surface area (Å²) in [5, 5.41) is 34.2. The second-order valence-corrected chi connectivity index (χ2v) is 8.66. The van der Waals surface area contributed by atoms with E-state index in [9.17, 15) is 19.4 Å². The van der Waals surface area contributed by atoms with Crippen LogP contribution < -0.4 is 10.6 Å². The Morgan fingerprint density at radius 3 is 2.72 bits per heavy atom. The monoisotopic (exact) mass is 447 g/mol. The molecule has 9 nitrogen and oxygen atoms in total. The van der Waals surface area contributed by atoms with Crippen LogP contribution in [0.2, 0.25) is 0 Å². The molecule has 32 heavy (non-hydrogen) atoms. The fraction of sp³-hybridized carbons (Fsp3) is 0.591. The number of aliphatic hydroxyl groups is 2. The second-order valence-electron chi connectivity index (χ2n) is 8.66. The van der Waals surface area contributed by atoms with Crippen LogP contribution in [0, 0.1) is 5.82 Å². The number of aromatic nitrogens is 3. The fourth-order valence-corrected chi connectivity index (χ4v) is 4.49. The zero-order valence-electron chi connectivity index (χ0n) is 17.9. The third-order valence-electron chi connectivity index (χ3n) is 6.34. The summed E-state index contributed by atoms with van der Waals surface area (Å²) in [6.45, 7) is 0.382. The molecule has 0 spiro atoms. The number of amides is 2. The van der Waals surface area contributed by atoms with E-state index in [0.717, 1.165) is 32.1 Å².